The van der Waals surface area contributed by atoms with E-state index < -0.39 is 10.0 Å². The molecule has 1 aliphatic heterocycles. The summed E-state index contributed by atoms with van der Waals surface area (Å²) in [5.41, 5.74) is 1.09. The van der Waals surface area contributed by atoms with E-state index in [0.29, 0.717) is 29.8 Å². The van der Waals surface area contributed by atoms with E-state index in [-0.39, 0.29) is 0 Å². The second kappa shape index (κ2) is 6.24. The number of nitrogens with zero attached hydrogens (tertiary/aromatic N) is 1. The lowest BCUT2D eigenvalue weighted by Gasteiger charge is -2.34. The number of piperidine rings is 1. The van der Waals surface area contributed by atoms with Crippen LogP contribution in [0.5, 0.6) is 0 Å². The summed E-state index contributed by atoms with van der Waals surface area (Å²) in [7, 11) is -1.47. The number of hydrogen-bond donors (Lipinski definition) is 1. The molecule has 2 atom stereocenters. The van der Waals surface area contributed by atoms with Crippen LogP contribution in [-0.4, -0.2) is 32.9 Å². The second-order valence-electron chi connectivity index (χ2n) is 5.94. The van der Waals surface area contributed by atoms with Crippen LogP contribution in [-0.2, 0) is 16.6 Å². The van der Waals surface area contributed by atoms with Crippen LogP contribution in [0, 0.1) is 11.8 Å². The zero-order valence-corrected chi connectivity index (χ0v) is 13.3. The lowest BCUT2D eigenvalue weighted by atomic mass is 9.94. The summed E-state index contributed by atoms with van der Waals surface area (Å²) in [5.74, 6) is 0.856. The van der Waals surface area contributed by atoms with Crippen LogP contribution in [0.3, 0.4) is 0 Å². The van der Waals surface area contributed by atoms with Crippen molar-refractivity contribution in [2.75, 3.05) is 20.1 Å². The van der Waals surface area contributed by atoms with E-state index in [1.165, 1.54) is 0 Å². The number of benzene rings is 1. The molecule has 1 heterocycles. The summed E-state index contributed by atoms with van der Waals surface area (Å²) in [6.45, 7) is 6.25. The molecule has 20 heavy (non-hydrogen) atoms. The second-order valence-corrected chi connectivity index (χ2v) is 7.88. The van der Waals surface area contributed by atoms with Gasteiger partial charge in [-0.05, 0) is 43.0 Å². The molecule has 0 radical (unpaired) electrons. The van der Waals surface area contributed by atoms with Crippen LogP contribution in [0.15, 0.2) is 29.2 Å². The van der Waals surface area contributed by atoms with Crippen molar-refractivity contribution in [1.82, 2.24) is 9.62 Å². The highest BCUT2D eigenvalue weighted by Crippen LogP contribution is 2.26. The maximum Gasteiger partial charge on any atom is 0.243 e. The minimum Gasteiger partial charge on any atom is -0.316 e. The first-order valence-electron chi connectivity index (χ1n) is 7.17. The topological polar surface area (TPSA) is 49.4 Å². The third kappa shape index (κ3) is 3.40. The Hall–Kier alpha value is -0.910. The van der Waals surface area contributed by atoms with Crippen LogP contribution in [0.25, 0.3) is 0 Å². The minimum atomic E-state index is -3.35. The molecule has 1 aliphatic rings. The fraction of sp³-hybridized carbons (Fsp3) is 0.600. The smallest absolute Gasteiger partial charge is 0.243 e. The normalized spacial score (nSPS) is 24.8. The molecule has 0 aliphatic carbocycles. The summed E-state index contributed by atoms with van der Waals surface area (Å²) < 4.78 is 27.0. The molecular weight excluding hydrogens is 272 g/mol. The van der Waals surface area contributed by atoms with E-state index in [1.54, 1.807) is 16.4 Å². The Morgan fingerprint density at radius 2 is 1.70 bits per heavy atom. The number of sulfonamides is 1. The molecule has 4 nitrogen and oxygen atoms in total. The van der Waals surface area contributed by atoms with Gasteiger partial charge in [-0.25, -0.2) is 8.42 Å². The van der Waals surface area contributed by atoms with Gasteiger partial charge in [0.1, 0.15) is 0 Å². The van der Waals surface area contributed by atoms with E-state index in [1.807, 2.05) is 19.2 Å². The first kappa shape index (κ1) is 15.5. The van der Waals surface area contributed by atoms with E-state index >= 15 is 0 Å². The Balaban J connectivity index is 2.21. The third-order valence-corrected chi connectivity index (χ3v) is 5.62. The molecule has 112 valence electrons. The monoisotopic (exact) mass is 296 g/mol. The Morgan fingerprint density at radius 1 is 1.15 bits per heavy atom. The Labute approximate surface area is 122 Å². The zero-order chi connectivity index (χ0) is 14.8. The first-order valence-corrected chi connectivity index (χ1v) is 8.61. The molecule has 0 spiro atoms. The van der Waals surface area contributed by atoms with Crippen molar-refractivity contribution in [2.24, 2.45) is 11.8 Å². The van der Waals surface area contributed by atoms with E-state index in [2.05, 4.69) is 19.2 Å². The molecule has 2 rings (SSSR count). The fourth-order valence-electron chi connectivity index (χ4n) is 2.93. The molecule has 0 bridgehead atoms. The maximum atomic E-state index is 12.7. The van der Waals surface area contributed by atoms with Gasteiger partial charge in [-0.2, -0.15) is 4.31 Å². The lowest BCUT2D eigenvalue weighted by molar-refractivity contribution is 0.222. The van der Waals surface area contributed by atoms with Crippen LogP contribution in [0.2, 0.25) is 0 Å². The SMILES string of the molecule is CNCc1ccc(S(=O)(=O)N2CC(C)CC(C)C2)cc1. The average molecular weight is 296 g/mol. The van der Waals surface area contributed by atoms with Gasteiger partial charge in [0.25, 0.3) is 0 Å². The molecular formula is C15H24N2O2S. The van der Waals surface area contributed by atoms with Crippen molar-refractivity contribution in [3.8, 4) is 0 Å². The van der Waals surface area contributed by atoms with Crippen molar-refractivity contribution in [3.05, 3.63) is 29.8 Å². The standard InChI is InChI=1S/C15H24N2O2S/c1-12-8-13(2)11-17(10-12)20(18,19)15-6-4-14(5-7-15)9-16-3/h4-7,12-13,16H,8-11H2,1-3H3. The van der Waals surface area contributed by atoms with Gasteiger partial charge >= 0.3 is 0 Å². The van der Waals surface area contributed by atoms with Crippen molar-refractivity contribution < 1.29 is 8.42 Å². The molecule has 0 aromatic heterocycles. The highest BCUT2D eigenvalue weighted by molar-refractivity contribution is 7.89. The molecule has 1 aromatic rings. The quantitative estimate of drug-likeness (QED) is 0.925. The van der Waals surface area contributed by atoms with Crippen LogP contribution >= 0.6 is 0 Å². The van der Waals surface area contributed by atoms with Gasteiger partial charge in [-0.15, -0.1) is 0 Å². The summed E-state index contributed by atoms with van der Waals surface area (Å²) in [4.78, 5) is 0.402. The van der Waals surface area contributed by atoms with Gasteiger partial charge in [-0.3, -0.25) is 0 Å². The van der Waals surface area contributed by atoms with Gasteiger partial charge < -0.3 is 5.32 Å². The predicted octanol–water partition coefficient (Wildman–Crippen LogP) is 2.07. The Morgan fingerprint density at radius 3 is 2.20 bits per heavy atom. The van der Waals surface area contributed by atoms with E-state index in [4.69, 9.17) is 0 Å². The minimum absolute atomic E-state index is 0.402. The molecule has 1 saturated heterocycles. The number of hydrogen-bond acceptors (Lipinski definition) is 3. The summed E-state index contributed by atoms with van der Waals surface area (Å²) in [6, 6.07) is 7.18. The van der Waals surface area contributed by atoms with Gasteiger partial charge in [-0.1, -0.05) is 26.0 Å². The van der Waals surface area contributed by atoms with Crippen molar-refractivity contribution in [2.45, 2.75) is 31.7 Å². The van der Waals surface area contributed by atoms with E-state index in [9.17, 15) is 8.42 Å². The molecule has 2 unspecified atom stereocenters. The van der Waals surface area contributed by atoms with Crippen LogP contribution in [0.4, 0.5) is 0 Å². The Kier molecular flexibility index (Phi) is 4.83. The van der Waals surface area contributed by atoms with Crippen LogP contribution in [0.1, 0.15) is 25.8 Å². The van der Waals surface area contributed by atoms with Gasteiger partial charge in [0.15, 0.2) is 0 Å². The highest BCUT2D eigenvalue weighted by Gasteiger charge is 2.31. The van der Waals surface area contributed by atoms with Crippen molar-refractivity contribution in [1.29, 1.82) is 0 Å². The van der Waals surface area contributed by atoms with Gasteiger partial charge in [0.05, 0.1) is 4.90 Å². The molecule has 5 heteroatoms. The third-order valence-electron chi connectivity index (χ3n) is 3.78. The number of rotatable bonds is 4. The molecule has 1 fully saturated rings. The average Bonchev–Trinajstić information content (AvgIpc) is 2.38. The van der Waals surface area contributed by atoms with Gasteiger partial charge in [0.2, 0.25) is 10.0 Å². The van der Waals surface area contributed by atoms with Gasteiger partial charge in [0, 0.05) is 19.6 Å². The zero-order valence-electron chi connectivity index (χ0n) is 12.5. The summed E-state index contributed by atoms with van der Waals surface area (Å²) in [5, 5.41) is 3.06. The largest absolute Gasteiger partial charge is 0.316 e. The van der Waals surface area contributed by atoms with E-state index in [0.717, 1.165) is 18.5 Å². The number of nitrogens with one attached hydrogen (secondary N) is 1. The summed E-state index contributed by atoms with van der Waals surface area (Å²) >= 11 is 0. The first-order chi connectivity index (χ1) is 9.43. The van der Waals surface area contributed by atoms with Crippen molar-refractivity contribution >= 4 is 10.0 Å². The predicted molar refractivity (Wildman–Crippen MR) is 80.9 cm³/mol. The molecule has 1 aromatic carbocycles. The highest BCUT2D eigenvalue weighted by atomic mass is 32.2. The fourth-order valence-corrected chi connectivity index (χ4v) is 4.61. The summed E-state index contributed by atoms with van der Waals surface area (Å²) in [6.07, 6.45) is 1.10. The molecule has 0 saturated carbocycles. The van der Waals surface area contributed by atoms with Crippen molar-refractivity contribution in [3.63, 3.8) is 0 Å². The maximum absolute atomic E-state index is 12.7. The Bertz CT molecular complexity index is 529. The molecule has 0 amide bonds. The molecule has 1 N–H and O–H groups in total. The lowest BCUT2D eigenvalue weighted by Crippen LogP contribution is -2.42. The van der Waals surface area contributed by atoms with Crippen LogP contribution < -0.4 is 5.32 Å².